The van der Waals surface area contributed by atoms with Gasteiger partial charge in [0.2, 0.25) is 0 Å². The van der Waals surface area contributed by atoms with Crippen molar-refractivity contribution < 1.29 is 18.7 Å². The summed E-state index contributed by atoms with van der Waals surface area (Å²) >= 11 is 0. The fraction of sp³-hybridized carbons (Fsp3) is 0.179. The average Bonchev–Trinajstić information content (AvgIpc) is 2.82. The first-order chi connectivity index (χ1) is 16.2. The number of esters is 1. The van der Waals surface area contributed by atoms with Crippen LogP contribution in [0.3, 0.4) is 0 Å². The van der Waals surface area contributed by atoms with Gasteiger partial charge in [-0.15, -0.1) is 0 Å². The summed E-state index contributed by atoms with van der Waals surface area (Å²) < 4.78 is 10.8. The average molecular weight is 456 g/mol. The van der Waals surface area contributed by atoms with Crippen molar-refractivity contribution in [1.82, 2.24) is 5.32 Å². The van der Waals surface area contributed by atoms with Gasteiger partial charge in [-0.2, -0.15) is 0 Å². The zero-order valence-electron chi connectivity index (χ0n) is 19.3. The standard InChI is InChI=1S/C28H25NO5/c1-28(2,3)21-12-9-19(10-13-21)26(31)33-22-14-11-20-15-23(27(32)34-24(20)16-22)25(30)29-17-18-7-5-4-6-8-18/h4-16H,17H2,1-3H3,(H,29,30). The van der Waals surface area contributed by atoms with E-state index in [0.29, 0.717) is 17.5 Å². The second kappa shape index (κ2) is 9.35. The number of nitrogens with one attached hydrogen (secondary N) is 1. The lowest BCUT2D eigenvalue weighted by Crippen LogP contribution is -2.27. The van der Waals surface area contributed by atoms with Crippen LogP contribution >= 0.6 is 0 Å². The van der Waals surface area contributed by atoms with Gasteiger partial charge in [-0.1, -0.05) is 63.2 Å². The second-order valence-corrected chi connectivity index (χ2v) is 9.03. The van der Waals surface area contributed by atoms with Gasteiger partial charge < -0.3 is 14.5 Å². The van der Waals surface area contributed by atoms with Gasteiger partial charge in [0.1, 0.15) is 16.9 Å². The summed E-state index contributed by atoms with van der Waals surface area (Å²) in [6.45, 7) is 6.59. The Morgan fingerprint density at radius 3 is 2.29 bits per heavy atom. The van der Waals surface area contributed by atoms with Crippen LogP contribution in [-0.4, -0.2) is 11.9 Å². The molecule has 0 aliphatic heterocycles. The smallest absolute Gasteiger partial charge is 0.349 e. The Hall–Kier alpha value is -4.19. The molecule has 0 saturated heterocycles. The maximum Gasteiger partial charge on any atom is 0.349 e. The molecular weight excluding hydrogens is 430 g/mol. The molecule has 172 valence electrons. The van der Waals surface area contributed by atoms with Crippen LogP contribution in [-0.2, 0) is 12.0 Å². The van der Waals surface area contributed by atoms with E-state index in [9.17, 15) is 14.4 Å². The maximum atomic E-state index is 12.5. The molecule has 1 N–H and O–H groups in total. The summed E-state index contributed by atoms with van der Waals surface area (Å²) in [5.74, 6) is -0.797. The zero-order valence-corrected chi connectivity index (χ0v) is 19.3. The third kappa shape index (κ3) is 5.23. The molecule has 1 aromatic heterocycles. The molecule has 0 aliphatic carbocycles. The highest BCUT2D eigenvalue weighted by Crippen LogP contribution is 2.24. The lowest BCUT2D eigenvalue weighted by molar-refractivity contribution is 0.0734. The van der Waals surface area contributed by atoms with Crippen LogP contribution in [0.25, 0.3) is 11.0 Å². The predicted molar refractivity (Wildman–Crippen MR) is 130 cm³/mol. The first-order valence-electron chi connectivity index (χ1n) is 10.9. The Morgan fingerprint density at radius 1 is 0.912 bits per heavy atom. The number of rotatable bonds is 5. The summed E-state index contributed by atoms with van der Waals surface area (Å²) in [5.41, 5.74) is 1.79. The van der Waals surface area contributed by atoms with Crippen molar-refractivity contribution in [1.29, 1.82) is 0 Å². The molecule has 0 fully saturated rings. The van der Waals surface area contributed by atoms with E-state index in [4.69, 9.17) is 9.15 Å². The molecule has 0 radical (unpaired) electrons. The Balaban J connectivity index is 1.49. The van der Waals surface area contributed by atoms with Crippen molar-refractivity contribution in [3.05, 3.63) is 112 Å². The molecular formula is C28H25NO5. The number of carbonyl (C=O) groups is 2. The number of carbonyl (C=O) groups excluding carboxylic acids is 2. The number of amides is 1. The fourth-order valence-electron chi connectivity index (χ4n) is 3.46. The van der Waals surface area contributed by atoms with E-state index in [0.717, 1.165) is 11.1 Å². The minimum absolute atomic E-state index is 0.0182. The topological polar surface area (TPSA) is 85.6 Å². The van der Waals surface area contributed by atoms with Crippen molar-refractivity contribution >= 4 is 22.8 Å². The summed E-state index contributed by atoms with van der Waals surface area (Å²) in [7, 11) is 0. The van der Waals surface area contributed by atoms with Crippen molar-refractivity contribution in [3.8, 4) is 5.75 Å². The number of hydrogen-bond donors (Lipinski definition) is 1. The van der Waals surface area contributed by atoms with E-state index in [-0.39, 0.29) is 22.3 Å². The number of benzene rings is 3. The summed E-state index contributed by atoms with van der Waals surface area (Å²) in [6, 6.07) is 22.8. The Morgan fingerprint density at radius 2 is 1.62 bits per heavy atom. The highest BCUT2D eigenvalue weighted by Gasteiger charge is 2.17. The third-order valence-corrected chi connectivity index (χ3v) is 5.45. The molecule has 0 unspecified atom stereocenters. The Bertz CT molecular complexity index is 1400. The van der Waals surface area contributed by atoms with E-state index in [1.165, 1.54) is 12.1 Å². The molecule has 6 heteroatoms. The normalized spacial score (nSPS) is 11.3. The van der Waals surface area contributed by atoms with Gasteiger partial charge in [0.05, 0.1) is 5.56 Å². The molecule has 0 bridgehead atoms. The lowest BCUT2D eigenvalue weighted by atomic mass is 9.87. The highest BCUT2D eigenvalue weighted by atomic mass is 16.5. The molecule has 3 aromatic carbocycles. The quantitative estimate of drug-likeness (QED) is 0.253. The van der Waals surface area contributed by atoms with E-state index in [2.05, 4.69) is 26.1 Å². The minimum atomic E-state index is -0.765. The second-order valence-electron chi connectivity index (χ2n) is 9.03. The van der Waals surface area contributed by atoms with Crippen LogP contribution in [0.15, 0.2) is 88.1 Å². The number of ether oxygens (including phenoxy) is 1. The molecule has 34 heavy (non-hydrogen) atoms. The van der Waals surface area contributed by atoms with Crippen LogP contribution < -0.4 is 15.7 Å². The maximum absolute atomic E-state index is 12.5. The zero-order chi connectivity index (χ0) is 24.3. The van der Waals surface area contributed by atoms with E-state index < -0.39 is 17.5 Å². The SMILES string of the molecule is CC(C)(C)c1ccc(C(=O)Oc2ccc3cc(C(=O)NCc4ccccc4)c(=O)oc3c2)cc1. The van der Waals surface area contributed by atoms with Gasteiger partial charge in [-0.3, -0.25) is 4.79 Å². The molecule has 0 atom stereocenters. The molecule has 0 aliphatic rings. The Labute approximate surface area is 197 Å². The molecule has 1 heterocycles. The van der Waals surface area contributed by atoms with Crippen LogP contribution in [0.4, 0.5) is 0 Å². The van der Waals surface area contributed by atoms with Gasteiger partial charge in [0.25, 0.3) is 5.91 Å². The fourth-order valence-corrected chi connectivity index (χ4v) is 3.46. The van der Waals surface area contributed by atoms with Crippen LogP contribution in [0, 0.1) is 0 Å². The molecule has 1 amide bonds. The third-order valence-electron chi connectivity index (χ3n) is 5.45. The van der Waals surface area contributed by atoms with Gasteiger partial charge in [-0.25, -0.2) is 9.59 Å². The molecule has 0 spiro atoms. The summed E-state index contributed by atoms with van der Waals surface area (Å²) in [4.78, 5) is 37.5. The van der Waals surface area contributed by atoms with Crippen molar-refractivity contribution in [2.24, 2.45) is 0 Å². The largest absolute Gasteiger partial charge is 0.423 e. The highest BCUT2D eigenvalue weighted by molar-refractivity contribution is 5.97. The van der Waals surface area contributed by atoms with Crippen LogP contribution in [0.5, 0.6) is 5.75 Å². The molecule has 0 saturated carbocycles. The van der Waals surface area contributed by atoms with Gasteiger partial charge in [0, 0.05) is 18.0 Å². The molecule has 4 aromatic rings. The first kappa shape index (κ1) is 23.0. The molecule has 4 rings (SSSR count). The lowest BCUT2D eigenvalue weighted by Gasteiger charge is -2.18. The van der Waals surface area contributed by atoms with Crippen molar-refractivity contribution in [2.75, 3.05) is 0 Å². The minimum Gasteiger partial charge on any atom is -0.423 e. The van der Waals surface area contributed by atoms with Gasteiger partial charge in [0.15, 0.2) is 0 Å². The van der Waals surface area contributed by atoms with Crippen molar-refractivity contribution in [3.63, 3.8) is 0 Å². The predicted octanol–water partition coefficient (Wildman–Crippen LogP) is 5.24. The van der Waals surface area contributed by atoms with E-state index in [1.807, 2.05) is 42.5 Å². The number of fused-ring (bicyclic) bond motifs is 1. The monoisotopic (exact) mass is 455 g/mol. The van der Waals surface area contributed by atoms with Gasteiger partial charge in [-0.05, 0) is 46.9 Å². The summed E-state index contributed by atoms with van der Waals surface area (Å²) in [5, 5.41) is 3.26. The number of hydrogen-bond acceptors (Lipinski definition) is 5. The Kier molecular flexibility index (Phi) is 6.32. The summed E-state index contributed by atoms with van der Waals surface area (Å²) in [6.07, 6.45) is 0. The van der Waals surface area contributed by atoms with Crippen molar-refractivity contribution in [2.45, 2.75) is 32.7 Å². The van der Waals surface area contributed by atoms with Gasteiger partial charge >= 0.3 is 11.6 Å². The van der Waals surface area contributed by atoms with Crippen LogP contribution in [0.1, 0.15) is 52.6 Å². The van der Waals surface area contributed by atoms with Crippen LogP contribution in [0.2, 0.25) is 0 Å². The molecule has 6 nitrogen and oxygen atoms in total. The first-order valence-corrected chi connectivity index (χ1v) is 10.9. The van der Waals surface area contributed by atoms with E-state index in [1.54, 1.807) is 24.3 Å². The van der Waals surface area contributed by atoms with E-state index >= 15 is 0 Å².